The van der Waals surface area contributed by atoms with E-state index in [1.54, 1.807) is 0 Å². The van der Waals surface area contributed by atoms with Gasteiger partial charge in [0.2, 0.25) is 9.05 Å². The van der Waals surface area contributed by atoms with E-state index < -0.39 is 20.6 Å². The molecule has 0 unspecified atom stereocenters. The molecule has 0 N–H and O–H groups in total. The van der Waals surface area contributed by atoms with E-state index in [1.165, 1.54) is 19.2 Å². The zero-order chi connectivity index (χ0) is 12.3. The molecule has 0 spiro atoms. The minimum atomic E-state index is -3.82. The van der Waals surface area contributed by atoms with Gasteiger partial charge >= 0.3 is 0 Å². The summed E-state index contributed by atoms with van der Waals surface area (Å²) in [7, 11) is 2.70. The maximum Gasteiger partial charge on any atom is 0.236 e. The number of ether oxygens (including phenoxy) is 1. The molecule has 0 saturated heterocycles. The lowest BCUT2D eigenvalue weighted by Gasteiger charge is -2.06. The van der Waals surface area contributed by atoms with Crippen molar-refractivity contribution in [2.24, 2.45) is 0 Å². The third-order valence-corrected chi connectivity index (χ3v) is 3.06. The van der Waals surface area contributed by atoms with Crippen molar-refractivity contribution in [1.29, 1.82) is 0 Å². The first-order valence-corrected chi connectivity index (χ1v) is 7.07. The topological polar surface area (TPSA) is 43.4 Å². The van der Waals surface area contributed by atoms with Gasteiger partial charge in [0.15, 0.2) is 0 Å². The second-order valence-electron chi connectivity index (χ2n) is 3.17. The first kappa shape index (κ1) is 13.7. The summed E-state index contributed by atoms with van der Waals surface area (Å²) in [4.78, 5) is 0. The number of methoxy groups -OCH3 is 1. The standard InChI is InChI=1S/C9H9Cl2FO3S/c1-15-4-6-2-7(5-16(11,13)14)9(12)8(10)3-6/h2-3H,4-5H2,1H3. The molecule has 1 aromatic carbocycles. The molecule has 0 aliphatic rings. The molecule has 1 aromatic rings. The molecule has 0 aliphatic carbocycles. The molecule has 16 heavy (non-hydrogen) atoms. The van der Waals surface area contributed by atoms with Crippen molar-refractivity contribution in [3.05, 3.63) is 34.1 Å². The van der Waals surface area contributed by atoms with Crippen LogP contribution in [-0.4, -0.2) is 15.5 Å². The number of rotatable bonds is 4. The molecule has 90 valence electrons. The van der Waals surface area contributed by atoms with Crippen LogP contribution in [0.5, 0.6) is 0 Å². The van der Waals surface area contributed by atoms with Crippen molar-refractivity contribution in [2.75, 3.05) is 7.11 Å². The van der Waals surface area contributed by atoms with Crippen molar-refractivity contribution in [1.82, 2.24) is 0 Å². The van der Waals surface area contributed by atoms with E-state index in [4.69, 9.17) is 27.0 Å². The summed E-state index contributed by atoms with van der Waals surface area (Å²) in [5.41, 5.74) is 0.527. The summed E-state index contributed by atoms with van der Waals surface area (Å²) in [6.07, 6.45) is 0. The molecule has 1 rings (SSSR count). The van der Waals surface area contributed by atoms with Gasteiger partial charge < -0.3 is 4.74 Å². The van der Waals surface area contributed by atoms with Gasteiger partial charge in [0, 0.05) is 23.4 Å². The Hall–Kier alpha value is -0.360. The highest BCUT2D eigenvalue weighted by Crippen LogP contribution is 2.23. The molecule has 0 amide bonds. The van der Waals surface area contributed by atoms with Gasteiger partial charge in [-0.05, 0) is 17.7 Å². The highest BCUT2D eigenvalue weighted by molar-refractivity contribution is 8.13. The van der Waals surface area contributed by atoms with Gasteiger partial charge in [0.25, 0.3) is 0 Å². The molecular formula is C9H9Cl2FO3S. The average Bonchev–Trinajstić information content (AvgIpc) is 2.11. The SMILES string of the molecule is COCc1cc(Cl)c(F)c(CS(=O)(=O)Cl)c1. The number of hydrogen-bond acceptors (Lipinski definition) is 3. The summed E-state index contributed by atoms with van der Waals surface area (Å²) in [5, 5.41) is -0.148. The fraction of sp³-hybridized carbons (Fsp3) is 0.333. The monoisotopic (exact) mass is 286 g/mol. The van der Waals surface area contributed by atoms with Crippen LogP contribution in [0.25, 0.3) is 0 Å². The Kier molecular flexibility index (Phi) is 4.55. The van der Waals surface area contributed by atoms with Crippen LogP contribution in [0.15, 0.2) is 12.1 Å². The Balaban J connectivity index is 3.16. The van der Waals surface area contributed by atoms with Crippen molar-refractivity contribution in [3.8, 4) is 0 Å². The predicted molar refractivity (Wildman–Crippen MR) is 60.6 cm³/mol. The van der Waals surface area contributed by atoms with Crippen molar-refractivity contribution in [2.45, 2.75) is 12.4 Å². The number of halogens is 3. The smallest absolute Gasteiger partial charge is 0.236 e. The lowest BCUT2D eigenvalue weighted by Crippen LogP contribution is -2.01. The van der Waals surface area contributed by atoms with Crippen LogP contribution in [0.2, 0.25) is 5.02 Å². The zero-order valence-corrected chi connectivity index (χ0v) is 10.7. The fourth-order valence-corrected chi connectivity index (χ4v) is 2.44. The van der Waals surface area contributed by atoms with Crippen LogP contribution in [0.4, 0.5) is 4.39 Å². The van der Waals surface area contributed by atoms with Gasteiger partial charge in [-0.25, -0.2) is 12.8 Å². The third-order valence-electron chi connectivity index (χ3n) is 1.80. The van der Waals surface area contributed by atoms with E-state index in [-0.39, 0.29) is 17.2 Å². The molecule has 0 bridgehead atoms. The number of benzene rings is 1. The normalized spacial score (nSPS) is 11.8. The second kappa shape index (κ2) is 5.31. The predicted octanol–water partition coefficient (Wildman–Crippen LogP) is 2.69. The Morgan fingerprint density at radius 3 is 2.56 bits per heavy atom. The molecular weight excluding hydrogens is 278 g/mol. The Bertz CT molecular complexity index is 488. The minimum absolute atomic E-state index is 0.0606. The van der Waals surface area contributed by atoms with Crippen LogP contribution >= 0.6 is 22.3 Å². The van der Waals surface area contributed by atoms with Crippen LogP contribution in [0, 0.1) is 5.82 Å². The summed E-state index contributed by atoms with van der Waals surface area (Å²) < 4.78 is 40.0. The van der Waals surface area contributed by atoms with Crippen LogP contribution < -0.4 is 0 Å². The van der Waals surface area contributed by atoms with E-state index in [1.807, 2.05) is 0 Å². The lowest BCUT2D eigenvalue weighted by molar-refractivity contribution is 0.185. The lowest BCUT2D eigenvalue weighted by atomic mass is 10.1. The summed E-state index contributed by atoms with van der Waals surface area (Å²) in [5.74, 6) is -1.37. The van der Waals surface area contributed by atoms with E-state index in [2.05, 4.69) is 0 Å². The minimum Gasteiger partial charge on any atom is -0.380 e. The van der Waals surface area contributed by atoms with E-state index in [9.17, 15) is 12.8 Å². The van der Waals surface area contributed by atoms with Crippen LogP contribution in [0.1, 0.15) is 11.1 Å². The molecule has 0 heterocycles. The molecule has 0 radical (unpaired) electrons. The van der Waals surface area contributed by atoms with Crippen molar-refractivity contribution < 1.29 is 17.5 Å². The molecule has 7 heteroatoms. The van der Waals surface area contributed by atoms with Gasteiger partial charge in [-0.15, -0.1) is 0 Å². The van der Waals surface area contributed by atoms with E-state index in [0.717, 1.165) is 0 Å². The summed E-state index contributed by atoms with van der Waals surface area (Å²) >= 11 is 5.62. The molecule has 0 fully saturated rings. The molecule has 0 aliphatic heterocycles. The van der Waals surface area contributed by atoms with Gasteiger partial charge in [-0.2, -0.15) is 0 Å². The molecule has 0 atom stereocenters. The van der Waals surface area contributed by atoms with Gasteiger partial charge in [0.1, 0.15) is 5.82 Å². The van der Waals surface area contributed by atoms with E-state index in [0.29, 0.717) is 5.56 Å². The molecule has 3 nitrogen and oxygen atoms in total. The Morgan fingerprint density at radius 2 is 2.06 bits per heavy atom. The maximum absolute atomic E-state index is 13.5. The largest absolute Gasteiger partial charge is 0.380 e. The zero-order valence-electron chi connectivity index (χ0n) is 8.34. The summed E-state index contributed by atoms with van der Waals surface area (Å²) in [6, 6.07) is 2.75. The van der Waals surface area contributed by atoms with Crippen LogP contribution in [-0.2, 0) is 26.1 Å². The first-order valence-electron chi connectivity index (χ1n) is 4.21. The van der Waals surface area contributed by atoms with Crippen LogP contribution in [0.3, 0.4) is 0 Å². The molecule has 0 saturated carbocycles. The first-order chi connectivity index (χ1) is 7.33. The average molecular weight is 287 g/mol. The third kappa shape index (κ3) is 3.90. The fourth-order valence-electron chi connectivity index (χ4n) is 1.25. The maximum atomic E-state index is 13.5. The Morgan fingerprint density at radius 1 is 1.44 bits per heavy atom. The van der Waals surface area contributed by atoms with E-state index >= 15 is 0 Å². The Labute approximate surface area is 103 Å². The highest BCUT2D eigenvalue weighted by atomic mass is 35.7. The summed E-state index contributed by atoms with van der Waals surface area (Å²) in [6.45, 7) is 0.218. The van der Waals surface area contributed by atoms with Gasteiger partial charge in [-0.3, -0.25) is 0 Å². The second-order valence-corrected chi connectivity index (χ2v) is 6.35. The quantitative estimate of drug-likeness (QED) is 0.800. The van der Waals surface area contributed by atoms with Gasteiger partial charge in [0.05, 0.1) is 17.4 Å². The number of hydrogen-bond donors (Lipinski definition) is 0. The van der Waals surface area contributed by atoms with Crippen molar-refractivity contribution in [3.63, 3.8) is 0 Å². The van der Waals surface area contributed by atoms with Gasteiger partial charge in [-0.1, -0.05) is 11.6 Å². The molecule has 0 aromatic heterocycles. The highest BCUT2D eigenvalue weighted by Gasteiger charge is 2.15. The van der Waals surface area contributed by atoms with Crippen molar-refractivity contribution >= 4 is 31.3 Å².